The van der Waals surface area contributed by atoms with Gasteiger partial charge in [0.15, 0.2) is 0 Å². The maximum Gasteiger partial charge on any atom is 0.420 e. The number of alkyl halides is 3. The van der Waals surface area contributed by atoms with E-state index < -0.39 is 23.5 Å². The number of furan rings is 1. The van der Waals surface area contributed by atoms with Crippen molar-refractivity contribution in [1.82, 2.24) is 0 Å². The van der Waals surface area contributed by atoms with Gasteiger partial charge in [0.2, 0.25) is 0 Å². The normalized spacial score (nSPS) is 11.7. The van der Waals surface area contributed by atoms with Gasteiger partial charge < -0.3 is 13.9 Å². The molecule has 0 unspecified atom stereocenters. The molecule has 0 aliphatic heterocycles. The molecule has 9 heteroatoms. The minimum Gasteiger partial charge on any atom is -0.489 e. The van der Waals surface area contributed by atoms with Crippen LogP contribution in [0, 0.1) is 5.82 Å². The minimum atomic E-state index is -4.56. The van der Waals surface area contributed by atoms with Crippen molar-refractivity contribution in [3.63, 3.8) is 0 Å². The molecule has 0 radical (unpaired) electrons. The van der Waals surface area contributed by atoms with Crippen LogP contribution in [0.25, 0.3) is 11.0 Å². The first-order chi connectivity index (χ1) is 13.7. The highest BCUT2D eigenvalue weighted by Gasteiger charge is 2.35. The summed E-state index contributed by atoms with van der Waals surface area (Å²) in [6.45, 7) is 1.74. The molecule has 0 aliphatic rings. The highest BCUT2D eigenvalue weighted by molar-refractivity contribution is 9.10. The van der Waals surface area contributed by atoms with Gasteiger partial charge in [0, 0.05) is 10.9 Å². The zero-order chi connectivity index (χ0) is 21.2. The molecule has 3 rings (SSSR count). The van der Waals surface area contributed by atoms with Crippen LogP contribution in [0.3, 0.4) is 0 Å². The van der Waals surface area contributed by atoms with Crippen molar-refractivity contribution in [2.45, 2.75) is 26.1 Å². The molecule has 0 spiro atoms. The molecule has 0 saturated carbocycles. The van der Waals surface area contributed by atoms with Crippen LogP contribution in [0.4, 0.5) is 17.6 Å². The topological polar surface area (TPSA) is 48.7 Å². The van der Waals surface area contributed by atoms with Crippen molar-refractivity contribution in [3.05, 3.63) is 63.6 Å². The molecule has 0 aliphatic carbocycles. The van der Waals surface area contributed by atoms with Crippen molar-refractivity contribution in [1.29, 1.82) is 0 Å². The van der Waals surface area contributed by atoms with E-state index in [1.807, 2.05) is 0 Å². The number of fused-ring (bicyclic) bond motifs is 1. The predicted octanol–water partition coefficient (Wildman–Crippen LogP) is 6.04. The highest BCUT2D eigenvalue weighted by atomic mass is 79.9. The molecule has 0 amide bonds. The highest BCUT2D eigenvalue weighted by Crippen LogP contribution is 2.39. The Labute approximate surface area is 171 Å². The number of carbonyl (C=O) groups excluding carboxylic acids is 1. The van der Waals surface area contributed by atoms with Crippen LogP contribution in [0.2, 0.25) is 0 Å². The van der Waals surface area contributed by atoms with Gasteiger partial charge in [-0.3, -0.25) is 4.79 Å². The Morgan fingerprint density at radius 1 is 1.21 bits per heavy atom. The van der Waals surface area contributed by atoms with Crippen LogP contribution in [0.1, 0.15) is 23.6 Å². The van der Waals surface area contributed by atoms with Gasteiger partial charge in [-0.1, -0.05) is 0 Å². The van der Waals surface area contributed by atoms with Gasteiger partial charge in [-0.15, -0.1) is 0 Å². The van der Waals surface area contributed by atoms with E-state index in [0.29, 0.717) is 16.3 Å². The van der Waals surface area contributed by atoms with E-state index in [1.54, 1.807) is 13.0 Å². The first-order valence-corrected chi connectivity index (χ1v) is 9.32. The van der Waals surface area contributed by atoms with Crippen molar-refractivity contribution in [3.8, 4) is 5.75 Å². The first kappa shape index (κ1) is 21.2. The molecular formula is C20H15BrF4O4. The Morgan fingerprint density at radius 2 is 1.97 bits per heavy atom. The van der Waals surface area contributed by atoms with Gasteiger partial charge >= 0.3 is 12.1 Å². The van der Waals surface area contributed by atoms with Crippen LogP contribution >= 0.6 is 15.9 Å². The quantitative estimate of drug-likeness (QED) is 0.323. The molecule has 3 aromatic rings. The Balaban J connectivity index is 1.86. The predicted molar refractivity (Wildman–Crippen MR) is 100.0 cm³/mol. The van der Waals surface area contributed by atoms with Gasteiger partial charge in [0.25, 0.3) is 0 Å². The zero-order valence-corrected chi connectivity index (χ0v) is 16.7. The zero-order valence-electron chi connectivity index (χ0n) is 15.1. The van der Waals surface area contributed by atoms with E-state index in [4.69, 9.17) is 13.9 Å². The van der Waals surface area contributed by atoms with E-state index >= 15 is 0 Å². The monoisotopic (exact) mass is 474 g/mol. The summed E-state index contributed by atoms with van der Waals surface area (Å²) >= 11 is 3.20. The van der Waals surface area contributed by atoms with E-state index in [1.165, 1.54) is 18.2 Å². The third-order valence-electron chi connectivity index (χ3n) is 4.05. The fourth-order valence-corrected chi connectivity index (χ4v) is 3.41. The smallest absolute Gasteiger partial charge is 0.420 e. The average molecular weight is 475 g/mol. The minimum absolute atomic E-state index is 0.0749. The second kappa shape index (κ2) is 8.44. The van der Waals surface area contributed by atoms with E-state index in [9.17, 15) is 22.4 Å². The molecular weight excluding hydrogens is 460 g/mol. The summed E-state index contributed by atoms with van der Waals surface area (Å²) in [6, 6.07) is 6.57. The molecule has 0 fully saturated rings. The summed E-state index contributed by atoms with van der Waals surface area (Å²) in [7, 11) is 0. The van der Waals surface area contributed by atoms with Gasteiger partial charge in [0.05, 0.1) is 17.5 Å². The number of hydrogen-bond acceptors (Lipinski definition) is 4. The van der Waals surface area contributed by atoms with Gasteiger partial charge in [-0.2, -0.15) is 13.2 Å². The fourth-order valence-electron chi connectivity index (χ4n) is 2.81. The second-order valence-corrected chi connectivity index (χ2v) is 6.98. The average Bonchev–Trinajstić information content (AvgIpc) is 3.06. The lowest BCUT2D eigenvalue weighted by molar-refractivity contribution is -0.142. The maximum absolute atomic E-state index is 13.6. The van der Waals surface area contributed by atoms with Crippen LogP contribution in [-0.2, 0) is 28.7 Å². The van der Waals surface area contributed by atoms with Crippen LogP contribution in [0.15, 0.2) is 45.5 Å². The fraction of sp³-hybridized carbons (Fsp3) is 0.250. The number of rotatable bonds is 6. The lowest BCUT2D eigenvalue weighted by Crippen LogP contribution is -2.09. The Morgan fingerprint density at radius 3 is 2.66 bits per heavy atom. The first-order valence-electron chi connectivity index (χ1n) is 8.52. The molecule has 0 N–H and O–H groups in total. The molecule has 4 nitrogen and oxygen atoms in total. The van der Waals surface area contributed by atoms with Gasteiger partial charge in [-0.25, -0.2) is 4.39 Å². The van der Waals surface area contributed by atoms with E-state index in [0.717, 1.165) is 6.07 Å². The van der Waals surface area contributed by atoms with Gasteiger partial charge in [0.1, 0.15) is 35.6 Å². The third kappa shape index (κ3) is 4.90. The number of hydrogen-bond donors (Lipinski definition) is 0. The summed E-state index contributed by atoms with van der Waals surface area (Å²) in [5, 5.41) is -0.101. The van der Waals surface area contributed by atoms with E-state index in [-0.39, 0.29) is 41.9 Å². The summed E-state index contributed by atoms with van der Waals surface area (Å²) in [5.74, 6) is -0.853. The van der Waals surface area contributed by atoms with Crippen molar-refractivity contribution < 1.29 is 36.2 Å². The molecule has 2 aromatic carbocycles. The molecule has 0 bridgehead atoms. The van der Waals surface area contributed by atoms with Crippen LogP contribution in [0.5, 0.6) is 5.75 Å². The second-order valence-electron chi connectivity index (χ2n) is 6.12. The number of benzene rings is 2. The largest absolute Gasteiger partial charge is 0.489 e. The van der Waals surface area contributed by atoms with Gasteiger partial charge in [-0.05, 0) is 58.7 Å². The SMILES string of the molecule is CCOC(=O)Cc1cc(F)ccc1OCc1cc(Br)c2occ(C(F)(F)F)c2c1. The summed E-state index contributed by atoms with van der Waals surface area (Å²) < 4.78 is 68.9. The Bertz CT molecular complexity index is 1040. The lowest BCUT2D eigenvalue weighted by Gasteiger charge is -2.12. The third-order valence-corrected chi connectivity index (χ3v) is 4.64. The lowest BCUT2D eigenvalue weighted by atomic mass is 10.1. The van der Waals surface area contributed by atoms with Crippen molar-refractivity contribution in [2.24, 2.45) is 0 Å². The number of carbonyl (C=O) groups is 1. The summed E-state index contributed by atoms with van der Waals surface area (Å²) in [4.78, 5) is 11.7. The van der Waals surface area contributed by atoms with Crippen LogP contribution in [-0.4, -0.2) is 12.6 Å². The molecule has 0 saturated heterocycles. The Hall–Kier alpha value is -2.55. The number of ether oxygens (including phenoxy) is 2. The standard InChI is InChI=1S/C20H15BrF4O4/c1-2-27-18(26)8-12-7-13(22)3-4-17(12)28-9-11-5-14-15(20(23,24)25)10-29-19(14)16(21)6-11/h3-7,10H,2,8-9H2,1H3. The maximum atomic E-state index is 13.6. The summed E-state index contributed by atoms with van der Waals surface area (Å²) in [6.07, 6.45) is -4.09. The molecule has 1 aromatic heterocycles. The number of halogens is 5. The number of esters is 1. The molecule has 154 valence electrons. The molecule has 1 heterocycles. The molecule has 0 atom stereocenters. The van der Waals surface area contributed by atoms with Crippen LogP contribution < -0.4 is 4.74 Å². The Kier molecular flexibility index (Phi) is 6.16. The van der Waals surface area contributed by atoms with Crippen molar-refractivity contribution >= 4 is 32.9 Å². The summed E-state index contributed by atoms with van der Waals surface area (Å²) in [5.41, 5.74) is -0.101. The van der Waals surface area contributed by atoms with Crippen molar-refractivity contribution in [2.75, 3.05) is 6.61 Å². The van der Waals surface area contributed by atoms with E-state index in [2.05, 4.69) is 15.9 Å². The molecule has 29 heavy (non-hydrogen) atoms.